The van der Waals surface area contributed by atoms with E-state index >= 15 is 0 Å². The first-order chi connectivity index (χ1) is 14.3. The zero-order valence-corrected chi connectivity index (χ0v) is 13.5. The van der Waals surface area contributed by atoms with E-state index in [0.717, 1.165) is 24.8 Å². The standard InChI is InChI=1S/C21H30O2/c1-5-6-7-8-16-12-19(22)21(20(23)13-16)18-11-15(4)9-10-17(18)14(2)3/h11-13,17-18,22-23H,2,5-10H2,1,3-4H3/i2D2,3D3,4D3. The molecule has 2 N–H and O–H groups in total. The predicted molar refractivity (Wildman–Crippen MR) is 97.0 cm³/mol. The molecule has 126 valence electrons. The van der Waals surface area contributed by atoms with Gasteiger partial charge in [-0.1, -0.05) is 43.5 Å². The van der Waals surface area contributed by atoms with Gasteiger partial charge in [-0.15, -0.1) is 0 Å². The molecule has 23 heavy (non-hydrogen) atoms. The lowest BCUT2D eigenvalue weighted by Crippen LogP contribution is -2.17. The van der Waals surface area contributed by atoms with E-state index in [0.29, 0.717) is 6.42 Å². The van der Waals surface area contributed by atoms with Crippen LogP contribution < -0.4 is 0 Å². The number of phenolic OH excluding ortho intramolecular Hbond substituents is 2. The van der Waals surface area contributed by atoms with Gasteiger partial charge < -0.3 is 10.2 Å². The highest BCUT2D eigenvalue weighted by molar-refractivity contribution is 5.51. The number of benzene rings is 1. The number of aromatic hydroxyl groups is 2. The molecule has 0 heterocycles. The Hall–Kier alpha value is -1.70. The van der Waals surface area contributed by atoms with Crippen LogP contribution in [-0.2, 0) is 6.42 Å². The van der Waals surface area contributed by atoms with Crippen molar-refractivity contribution in [1.82, 2.24) is 0 Å². The number of unbranched alkanes of at least 4 members (excludes halogenated alkanes) is 2. The molecule has 0 saturated heterocycles. The molecule has 0 spiro atoms. The van der Waals surface area contributed by atoms with Gasteiger partial charge in [-0.05, 0) is 63.0 Å². The summed E-state index contributed by atoms with van der Waals surface area (Å²) in [6.07, 6.45) is 5.11. The van der Waals surface area contributed by atoms with Crippen molar-refractivity contribution in [2.75, 3.05) is 0 Å². The highest BCUT2D eigenvalue weighted by atomic mass is 16.3. The van der Waals surface area contributed by atoms with E-state index in [1.807, 2.05) is 0 Å². The third-order valence-corrected chi connectivity index (χ3v) is 4.51. The van der Waals surface area contributed by atoms with Crippen molar-refractivity contribution in [3.63, 3.8) is 0 Å². The molecule has 1 aliphatic carbocycles. The molecule has 2 nitrogen and oxygen atoms in total. The Bertz CT molecular complexity index is 825. The molecule has 1 aromatic rings. The third kappa shape index (κ3) is 4.19. The first-order valence-electron chi connectivity index (χ1n) is 12.2. The second-order valence-corrected chi connectivity index (χ2v) is 6.28. The number of hydrogen-bond acceptors (Lipinski definition) is 2. The maximum Gasteiger partial charge on any atom is 0.123 e. The molecule has 1 aromatic carbocycles. The lowest BCUT2D eigenvalue weighted by atomic mass is 9.73. The normalized spacial score (nSPS) is 27.1. The summed E-state index contributed by atoms with van der Waals surface area (Å²) in [4.78, 5) is 0. The maximum absolute atomic E-state index is 10.7. The fraction of sp³-hybridized carbons (Fsp3) is 0.524. The van der Waals surface area contributed by atoms with Crippen molar-refractivity contribution in [3.8, 4) is 11.5 Å². The predicted octanol–water partition coefficient (Wildman–Crippen LogP) is 5.85. The van der Waals surface area contributed by atoms with Gasteiger partial charge in [0.25, 0.3) is 0 Å². The Balaban J connectivity index is 2.61. The molecule has 1 aliphatic rings. The molecule has 0 saturated carbocycles. The van der Waals surface area contributed by atoms with Crippen LogP contribution in [0.4, 0.5) is 0 Å². The third-order valence-electron chi connectivity index (χ3n) is 4.51. The van der Waals surface area contributed by atoms with E-state index in [1.165, 1.54) is 18.2 Å². The van der Waals surface area contributed by atoms with E-state index in [2.05, 4.69) is 6.92 Å². The second kappa shape index (κ2) is 7.72. The van der Waals surface area contributed by atoms with Crippen molar-refractivity contribution < 1.29 is 21.2 Å². The van der Waals surface area contributed by atoms with Gasteiger partial charge in [0.15, 0.2) is 0 Å². The van der Waals surface area contributed by atoms with Gasteiger partial charge in [-0.2, -0.15) is 0 Å². The van der Waals surface area contributed by atoms with E-state index in [1.54, 1.807) is 0 Å². The van der Waals surface area contributed by atoms with Gasteiger partial charge in [-0.25, -0.2) is 0 Å². The topological polar surface area (TPSA) is 40.5 Å². The molecular weight excluding hydrogens is 284 g/mol. The summed E-state index contributed by atoms with van der Waals surface area (Å²) in [5.74, 6) is -2.38. The highest BCUT2D eigenvalue weighted by Gasteiger charge is 2.29. The van der Waals surface area contributed by atoms with Gasteiger partial charge in [-0.3, -0.25) is 0 Å². The average Bonchev–Trinajstić information content (AvgIpc) is 2.60. The Morgan fingerprint density at radius 2 is 2.13 bits per heavy atom. The molecule has 0 bridgehead atoms. The van der Waals surface area contributed by atoms with Crippen LogP contribution in [0.5, 0.6) is 11.5 Å². The monoisotopic (exact) mass is 322 g/mol. The average molecular weight is 323 g/mol. The van der Waals surface area contributed by atoms with Crippen LogP contribution in [0, 0.1) is 5.92 Å². The summed E-state index contributed by atoms with van der Waals surface area (Å²) in [6.45, 7) is -3.91. The Kier molecular flexibility index (Phi) is 3.21. The van der Waals surface area contributed by atoms with E-state index in [-0.39, 0.29) is 35.5 Å². The SMILES string of the molecule is [2H]C([2H])=C(C1CCC(C([2H])([2H])[2H])=CC1c1c(O)cc(CCCCC)cc1O)C([2H])([2H])[2H]. The number of hydrogen-bond donors (Lipinski definition) is 2. The van der Waals surface area contributed by atoms with Crippen molar-refractivity contribution in [2.45, 2.75) is 65.1 Å². The van der Waals surface area contributed by atoms with Gasteiger partial charge >= 0.3 is 0 Å². The zero-order chi connectivity index (χ0) is 23.6. The Morgan fingerprint density at radius 1 is 1.35 bits per heavy atom. The van der Waals surface area contributed by atoms with Crippen molar-refractivity contribution in [1.29, 1.82) is 0 Å². The fourth-order valence-corrected chi connectivity index (χ4v) is 3.26. The van der Waals surface area contributed by atoms with E-state index < -0.39 is 37.6 Å². The largest absolute Gasteiger partial charge is 0.507 e. The molecule has 2 rings (SSSR count). The zero-order valence-electron chi connectivity index (χ0n) is 21.5. The molecular formula is C21H30O2. The number of allylic oxidation sites excluding steroid dienone is 3. The first-order valence-corrected chi connectivity index (χ1v) is 8.21. The first kappa shape index (κ1) is 9.56. The van der Waals surface area contributed by atoms with Gasteiger partial charge in [0, 0.05) is 19.7 Å². The molecule has 0 fully saturated rings. The Labute approximate surface area is 151 Å². The van der Waals surface area contributed by atoms with Crippen LogP contribution in [0.3, 0.4) is 0 Å². The van der Waals surface area contributed by atoms with Crippen molar-refractivity contribution >= 4 is 0 Å². The summed E-state index contributed by atoms with van der Waals surface area (Å²) in [7, 11) is 0. The summed E-state index contributed by atoms with van der Waals surface area (Å²) in [5, 5.41) is 21.5. The highest BCUT2D eigenvalue weighted by Crippen LogP contribution is 2.46. The molecule has 2 heteroatoms. The van der Waals surface area contributed by atoms with Crippen LogP contribution >= 0.6 is 0 Å². The van der Waals surface area contributed by atoms with Crippen LogP contribution in [0.1, 0.15) is 80.7 Å². The number of phenols is 2. The molecule has 0 aromatic heterocycles. The van der Waals surface area contributed by atoms with Crippen LogP contribution in [-0.4, -0.2) is 10.2 Å². The molecule has 2 atom stereocenters. The van der Waals surface area contributed by atoms with Crippen LogP contribution in [0.25, 0.3) is 0 Å². The second-order valence-electron chi connectivity index (χ2n) is 6.28. The lowest BCUT2D eigenvalue weighted by Gasteiger charge is -2.31. The molecule has 2 unspecified atom stereocenters. The maximum atomic E-state index is 10.7. The van der Waals surface area contributed by atoms with E-state index in [9.17, 15) is 10.2 Å². The smallest absolute Gasteiger partial charge is 0.123 e. The van der Waals surface area contributed by atoms with Gasteiger partial charge in [0.1, 0.15) is 11.5 Å². The summed E-state index contributed by atoms with van der Waals surface area (Å²) >= 11 is 0. The number of rotatable bonds is 6. The van der Waals surface area contributed by atoms with Gasteiger partial charge in [0.05, 0.1) is 2.74 Å². The summed E-state index contributed by atoms with van der Waals surface area (Å²) < 4.78 is 62.0. The Morgan fingerprint density at radius 3 is 2.74 bits per heavy atom. The van der Waals surface area contributed by atoms with Crippen LogP contribution in [0.15, 0.2) is 35.9 Å². The minimum atomic E-state index is -2.72. The van der Waals surface area contributed by atoms with Gasteiger partial charge in [0.2, 0.25) is 0 Å². The van der Waals surface area contributed by atoms with Crippen molar-refractivity contribution in [2.24, 2.45) is 5.92 Å². The quantitative estimate of drug-likeness (QED) is 0.509. The fourth-order valence-electron chi connectivity index (χ4n) is 3.26. The molecule has 0 aliphatic heterocycles. The lowest BCUT2D eigenvalue weighted by molar-refractivity contribution is 0.406. The minimum Gasteiger partial charge on any atom is -0.507 e. The van der Waals surface area contributed by atoms with Crippen molar-refractivity contribution in [3.05, 3.63) is 47.0 Å². The van der Waals surface area contributed by atoms with Crippen LogP contribution in [0.2, 0.25) is 0 Å². The summed E-state index contributed by atoms with van der Waals surface area (Å²) in [6, 6.07) is 3.03. The minimum absolute atomic E-state index is 0.0358. The van der Waals surface area contributed by atoms with E-state index in [4.69, 9.17) is 11.0 Å². The summed E-state index contributed by atoms with van der Waals surface area (Å²) in [5.41, 5.74) is 0.478. The molecule has 0 amide bonds. The molecule has 0 radical (unpaired) electrons. The number of aryl methyl sites for hydroxylation is 1.